The summed E-state index contributed by atoms with van der Waals surface area (Å²) < 4.78 is 5.50. The third-order valence-electron chi connectivity index (χ3n) is 2.74. The zero-order chi connectivity index (χ0) is 15.1. The Labute approximate surface area is 123 Å². The number of rotatable bonds is 6. The second-order valence-electron chi connectivity index (χ2n) is 4.53. The van der Waals surface area contributed by atoms with Gasteiger partial charge in [-0.3, -0.25) is 0 Å². The minimum absolute atomic E-state index is 0.151. The Kier molecular flexibility index (Phi) is 5.07. The first-order valence-electron chi connectivity index (χ1n) is 6.51. The van der Waals surface area contributed by atoms with Crippen molar-refractivity contribution in [2.24, 2.45) is 0 Å². The highest BCUT2D eigenvalue weighted by Gasteiger charge is 2.08. The summed E-state index contributed by atoms with van der Waals surface area (Å²) in [5.74, 6) is 1.07. The van der Waals surface area contributed by atoms with Crippen molar-refractivity contribution in [3.05, 3.63) is 47.9 Å². The van der Waals surface area contributed by atoms with Gasteiger partial charge in [-0.15, -0.1) is 0 Å². The molecule has 0 fully saturated rings. The van der Waals surface area contributed by atoms with Gasteiger partial charge in [0.1, 0.15) is 24.5 Å². The molecular weight excluding hydrogens is 268 g/mol. The second-order valence-corrected chi connectivity index (χ2v) is 4.53. The van der Waals surface area contributed by atoms with E-state index in [4.69, 9.17) is 10.00 Å². The fourth-order valence-electron chi connectivity index (χ4n) is 1.72. The summed E-state index contributed by atoms with van der Waals surface area (Å²) in [4.78, 5) is 7.88. The third-order valence-corrected chi connectivity index (χ3v) is 2.74. The van der Waals surface area contributed by atoms with Gasteiger partial charge in [-0.2, -0.15) is 5.26 Å². The normalized spacial score (nSPS) is 11.5. The van der Waals surface area contributed by atoms with Crippen LogP contribution in [0.1, 0.15) is 11.3 Å². The topological polar surface area (TPSA) is 91.1 Å². The second kappa shape index (κ2) is 7.22. The van der Waals surface area contributed by atoms with Gasteiger partial charge < -0.3 is 15.2 Å². The third kappa shape index (κ3) is 4.44. The van der Waals surface area contributed by atoms with Gasteiger partial charge in [0.25, 0.3) is 0 Å². The summed E-state index contributed by atoms with van der Waals surface area (Å²) in [6, 6.07) is 9.54. The summed E-state index contributed by atoms with van der Waals surface area (Å²) in [6.45, 7) is 2.35. The van der Waals surface area contributed by atoms with Gasteiger partial charge in [0.2, 0.25) is 0 Å². The van der Waals surface area contributed by atoms with E-state index < -0.39 is 6.10 Å². The van der Waals surface area contributed by atoms with Crippen molar-refractivity contribution in [3.8, 4) is 11.8 Å². The number of nitrogens with zero attached hydrogens (tertiary/aromatic N) is 3. The molecule has 0 aliphatic rings. The number of nitrogens with one attached hydrogen (secondary N) is 1. The van der Waals surface area contributed by atoms with Crippen LogP contribution in [-0.2, 0) is 0 Å². The van der Waals surface area contributed by atoms with Gasteiger partial charge in [0.15, 0.2) is 11.5 Å². The molecule has 6 heteroatoms. The number of hydrogen-bond acceptors (Lipinski definition) is 6. The number of nitriles is 1. The molecule has 1 unspecified atom stereocenters. The van der Waals surface area contributed by atoms with Crippen molar-refractivity contribution in [1.82, 2.24) is 9.97 Å². The molecule has 1 heterocycles. The van der Waals surface area contributed by atoms with Gasteiger partial charge in [-0.05, 0) is 24.6 Å². The lowest BCUT2D eigenvalue weighted by atomic mass is 10.2. The molecular formula is C15H16N4O2. The lowest BCUT2D eigenvalue weighted by Crippen LogP contribution is -2.27. The molecule has 0 spiro atoms. The molecule has 1 atom stereocenters. The smallest absolute Gasteiger partial charge is 0.182 e. The van der Waals surface area contributed by atoms with Crippen LogP contribution in [-0.4, -0.2) is 34.3 Å². The average molecular weight is 284 g/mol. The highest BCUT2D eigenvalue weighted by atomic mass is 16.5. The SMILES string of the molecule is Cc1cccc(OCC(O)CNc2nccnc2C#N)c1. The van der Waals surface area contributed by atoms with E-state index in [2.05, 4.69) is 15.3 Å². The molecule has 2 N–H and O–H groups in total. The first kappa shape index (κ1) is 14.8. The largest absolute Gasteiger partial charge is 0.491 e. The van der Waals surface area contributed by atoms with E-state index in [-0.39, 0.29) is 18.8 Å². The van der Waals surface area contributed by atoms with Crippen LogP contribution in [0.5, 0.6) is 5.75 Å². The first-order chi connectivity index (χ1) is 10.2. The van der Waals surface area contributed by atoms with E-state index in [9.17, 15) is 5.11 Å². The quantitative estimate of drug-likeness (QED) is 0.835. The van der Waals surface area contributed by atoms with Crippen molar-refractivity contribution in [2.45, 2.75) is 13.0 Å². The zero-order valence-corrected chi connectivity index (χ0v) is 11.7. The van der Waals surface area contributed by atoms with Gasteiger partial charge in [0, 0.05) is 18.9 Å². The standard InChI is InChI=1S/C15H16N4O2/c1-11-3-2-4-13(7-11)21-10-12(20)9-19-15-14(8-16)17-5-6-18-15/h2-7,12,20H,9-10H2,1H3,(H,18,19). The Balaban J connectivity index is 1.82. The molecule has 0 radical (unpaired) electrons. The Morgan fingerprint density at radius 2 is 2.19 bits per heavy atom. The van der Waals surface area contributed by atoms with Crippen LogP contribution in [0.3, 0.4) is 0 Å². The predicted octanol–water partition coefficient (Wildman–Crippen LogP) is 1.51. The minimum Gasteiger partial charge on any atom is -0.491 e. The maximum Gasteiger partial charge on any atom is 0.182 e. The molecule has 108 valence electrons. The lowest BCUT2D eigenvalue weighted by Gasteiger charge is -2.14. The number of anilines is 1. The maximum absolute atomic E-state index is 9.89. The van der Waals surface area contributed by atoms with Crippen LogP contribution < -0.4 is 10.1 Å². The highest BCUT2D eigenvalue weighted by molar-refractivity contribution is 5.46. The monoisotopic (exact) mass is 284 g/mol. The fraction of sp³-hybridized carbons (Fsp3) is 0.267. The molecule has 0 amide bonds. The van der Waals surface area contributed by atoms with Gasteiger partial charge in [-0.1, -0.05) is 12.1 Å². The van der Waals surface area contributed by atoms with Crippen molar-refractivity contribution in [2.75, 3.05) is 18.5 Å². The van der Waals surface area contributed by atoms with Crippen molar-refractivity contribution >= 4 is 5.82 Å². The molecule has 0 aliphatic carbocycles. The number of hydrogen-bond donors (Lipinski definition) is 2. The van der Waals surface area contributed by atoms with Gasteiger partial charge in [0.05, 0.1) is 0 Å². The fourth-order valence-corrected chi connectivity index (χ4v) is 1.72. The number of ether oxygens (including phenoxy) is 1. The Hall–Kier alpha value is -2.65. The molecule has 1 aromatic heterocycles. The van der Waals surface area contributed by atoms with E-state index in [1.807, 2.05) is 37.3 Å². The van der Waals surface area contributed by atoms with Crippen LogP contribution >= 0.6 is 0 Å². The molecule has 6 nitrogen and oxygen atoms in total. The highest BCUT2D eigenvalue weighted by Crippen LogP contribution is 2.12. The number of aliphatic hydroxyl groups is 1. The summed E-state index contributed by atoms with van der Waals surface area (Å²) in [7, 11) is 0. The number of aryl methyl sites for hydroxylation is 1. The van der Waals surface area contributed by atoms with E-state index >= 15 is 0 Å². The van der Waals surface area contributed by atoms with E-state index in [0.29, 0.717) is 11.6 Å². The van der Waals surface area contributed by atoms with Crippen molar-refractivity contribution in [3.63, 3.8) is 0 Å². The van der Waals surface area contributed by atoms with Crippen molar-refractivity contribution in [1.29, 1.82) is 5.26 Å². The van der Waals surface area contributed by atoms with Crippen LogP contribution in [0.2, 0.25) is 0 Å². The molecule has 0 bridgehead atoms. The molecule has 2 rings (SSSR count). The number of benzene rings is 1. The van der Waals surface area contributed by atoms with Crippen molar-refractivity contribution < 1.29 is 9.84 Å². The molecule has 1 aromatic carbocycles. The van der Waals surface area contributed by atoms with E-state index in [1.165, 1.54) is 12.4 Å². The summed E-state index contributed by atoms with van der Waals surface area (Å²) in [6.07, 6.45) is 2.21. The number of aliphatic hydroxyl groups excluding tert-OH is 1. The van der Waals surface area contributed by atoms with E-state index in [0.717, 1.165) is 5.56 Å². The predicted molar refractivity (Wildman–Crippen MR) is 77.9 cm³/mol. The Bertz CT molecular complexity index is 640. The molecule has 0 aliphatic heterocycles. The van der Waals surface area contributed by atoms with Crippen LogP contribution in [0.25, 0.3) is 0 Å². The zero-order valence-electron chi connectivity index (χ0n) is 11.7. The van der Waals surface area contributed by atoms with Gasteiger partial charge in [-0.25, -0.2) is 9.97 Å². The molecule has 0 saturated heterocycles. The summed E-state index contributed by atoms with van der Waals surface area (Å²) >= 11 is 0. The average Bonchev–Trinajstić information content (AvgIpc) is 2.51. The maximum atomic E-state index is 9.89. The van der Waals surface area contributed by atoms with Crippen LogP contribution in [0, 0.1) is 18.3 Å². The number of aromatic nitrogens is 2. The van der Waals surface area contributed by atoms with Crippen LogP contribution in [0.4, 0.5) is 5.82 Å². The van der Waals surface area contributed by atoms with Crippen LogP contribution in [0.15, 0.2) is 36.7 Å². The Morgan fingerprint density at radius 1 is 1.38 bits per heavy atom. The molecule has 0 saturated carbocycles. The molecule has 21 heavy (non-hydrogen) atoms. The Morgan fingerprint density at radius 3 is 2.95 bits per heavy atom. The minimum atomic E-state index is -0.723. The summed E-state index contributed by atoms with van der Waals surface area (Å²) in [5.41, 5.74) is 1.29. The van der Waals surface area contributed by atoms with E-state index in [1.54, 1.807) is 0 Å². The lowest BCUT2D eigenvalue weighted by molar-refractivity contribution is 0.117. The summed E-state index contributed by atoms with van der Waals surface area (Å²) in [5, 5.41) is 21.7. The molecule has 2 aromatic rings. The first-order valence-corrected chi connectivity index (χ1v) is 6.51. The van der Waals surface area contributed by atoms with Gasteiger partial charge >= 0.3 is 0 Å².